The van der Waals surface area contributed by atoms with E-state index in [4.69, 9.17) is 10.2 Å². The highest BCUT2D eigenvalue weighted by atomic mass is 32.2. The monoisotopic (exact) mass is 303 g/mol. The van der Waals surface area contributed by atoms with Gasteiger partial charge in [0, 0.05) is 24.5 Å². The van der Waals surface area contributed by atoms with Gasteiger partial charge >= 0.3 is 0 Å². The van der Waals surface area contributed by atoms with Crippen molar-refractivity contribution < 1.29 is 8.63 Å². The average molecular weight is 303 g/mol. The van der Waals surface area contributed by atoms with Crippen LogP contribution in [0.5, 0.6) is 0 Å². The molecule has 1 aromatic carbocycles. The minimum absolute atomic E-state index is 0.125. The van der Waals surface area contributed by atoms with Gasteiger partial charge in [-0.15, -0.1) is 0 Å². The molecule has 0 aliphatic rings. The van der Waals surface area contributed by atoms with Crippen molar-refractivity contribution >= 4 is 27.6 Å². The number of aryl methyl sites for hydroxylation is 1. The summed E-state index contributed by atoms with van der Waals surface area (Å²) in [7, 11) is -1.41. The predicted octanol–water partition coefficient (Wildman–Crippen LogP) is 1.38. The molecule has 2 heterocycles. The van der Waals surface area contributed by atoms with E-state index < -0.39 is 10.8 Å². The summed E-state index contributed by atoms with van der Waals surface area (Å²) in [5.74, 6) is 0.256. The van der Waals surface area contributed by atoms with Crippen LogP contribution in [-0.2, 0) is 17.3 Å². The minimum atomic E-state index is -1.41. The fourth-order valence-electron chi connectivity index (χ4n) is 1.93. The highest BCUT2D eigenvalue weighted by Gasteiger charge is 2.13. The molecule has 21 heavy (non-hydrogen) atoms. The van der Waals surface area contributed by atoms with E-state index in [1.54, 1.807) is 36.5 Å². The first kappa shape index (κ1) is 13.6. The molecule has 3 rings (SSSR count). The number of hydrogen-bond donors (Lipinski definition) is 1. The van der Waals surface area contributed by atoms with Gasteiger partial charge in [-0.25, -0.2) is 9.19 Å². The normalized spacial score (nSPS) is 12.6. The molecule has 0 saturated carbocycles. The summed E-state index contributed by atoms with van der Waals surface area (Å²) in [6.45, 7) is 0.340. The van der Waals surface area contributed by atoms with Crippen LogP contribution in [0, 0.1) is 0 Å². The maximum atomic E-state index is 12.2. The van der Waals surface area contributed by atoms with Gasteiger partial charge in [-0.2, -0.15) is 0 Å². The summed E-state index contributed by atoms with van der Waals surface area (Å²) >= 11 is 0. The first-order chi connectivity index (χ1) is 10.1. The van der Waals surface area contributed by atoms with Gasteiger partial charge in [-0.3, -0.25) is 4.79 Å². The van der Waals surface area contributed by atoms with E-state index in [1.807, 2.05) is 0 Å². The standard InChI is InChI=1S/C14H13N3O3S/c15-10-4-5-12-11(9-10)16-14(20-12)21(19)8-7-17-6-2-1-3-13(17)18/h1-6,9H,7-8,15H2. The van der Waals surface area contributed by atoms with Crippen LogP contribution >= 0.6 is 0 Å². The number of anilines is 1. The molecule has 108 valence electrons. The number of rotatable bonds is 4. The van der Waals surface area contributed by atoms with E-state index in [0.29, 0.717) is 23.3 Å². The summed E-state index contributed by atoms with van der Waals surface area (Å²) in [6, 6.07) is 9.95. The third-order valence-corrected chi connectivity index (χ3v) is 4.12. The topological polar surface area (TPSA) is 91.1 Å². The van der Waals surface area contributed by atoms with E-state index in [1.165, 1.54) is 10.6 Å². The van der Waals surface area contributed by atoms with Gasteiger partial charge < -0.3 is 14.7 Å². The van der Waals surface area contributed by atoms with Crippen molar-refractivity contribution in [2.75, 3.05) is 11.5 Å². The summed E-state index contributed by atoms with van der Waals surface area (Å²) in [5, 5.41) is 0.152. The fourth-order valence-corrected chi connectivity index (χ4v) is 2.85. The maximum Gasteiger partial charge on any atom is 0.288 e. The lowest BCUT2D eigenvalue weighted by Crippen LogP contribution is -2.20. The number of aromatic nitrogens is 2. The highest BCUT2D eigenvalue weighted by Crippen LogP contribution is 2.20. The Kier molecular flexibility index (Phi) is 3.57. The summed E-state index contributed by atoms with van der Waals surface area (Å²) in [4.78, 5) is 15.7. The zero-order chi connectivity index (χ0) is 14.8. The number of fused-ring (bicyclic) bond motifs is 1. The van der Waals surface area contributed by atoms with Gasteiger partial charge in [0.25, 0.3) is 10.8 Å². The molecular formula is C14H13N3O3S. The third kappa shape index (κ3) is 2.87. The van der Waals surface area contributed by atoms with Crippen LogP contribution in [0.2, 0.25) is 0 Å². The number of hydrogen-bond acceptors (Lipinski definition) is 5. The number of pyridine rings is 1. The van der Waals surface area contributed by atoms with E-state index in [-0.39, 0.29) is 16.5 Å². The Hall–Kier alpha value is -2.41. The quantitative estimate of drug-likeness (QED) is 0.735. The molecule has 2 N–H and O–H groups in total. The molecule has 1 unspecified atom stereocenters. The molecule has 0 aliphatic heterocycles. The van der Waals surface area contributed by atoms with Crippen LogP contribution in [0.25, 0.3) is 11.1 Å². The van der Waals surface area contributed by atoms with Gasteiger partial charge in [0.05, 0.1) is 5.75 Å². The molecule has 0 radical (unpaired) electrons. The molecule has 3 aromatic rings. The molecule has 0 aliphatic carbocycles. The minimum Gasteiger partial charge on any atom is -0.430 e. The van der Waals surface area contributed by atoms with E-state index >= 15 is 0 Å². The van der Waals surface area contributed by atoms with Gasteiger partial charge in [-0.1, -0.05) is 6.07 Å². The van der Waals surface area contributed by atoms with Crippen LogP contribution in [0.4, 0.5) is 5.69 Å². The lowest BCUT2D eigenvalue weighted by atomic mass is 10.3. The number of nitrogens with zero attached hydrogens (tertiary/aromatic N) is 2. The molecule has 6 nitrogen and oxygen atoms in total. The molecular weight excluding hydrogens is 290 g/mol. The second-order valence-corrected chi connectivity index (χ2v) is 5.94. The van der Waals surface area contributed by atoms with Crippen LogP contribution in [-0.4, -0.2) is 19.5 Å². The number of oxazole rings is 1. The molecule has 0 fully saturated rings. The van der Waals surface area contributed by atoms with Crippen molar-refractivity contribution in [1.29, 1.82) is 0 Å². The average Bonchev–Trinajstić information content (AvgIpc) is 2.89. The Morgan fingerprint density at radius 3 is 2.95 bits per heavy atom. The van der Waals surface area contributed by atoms with Gasteiger partial charge in [0.2, 0.25) is 0 Å². The van der Waals surface area contributed by atoms with Crippen molar-refractivity contribution in [1.82, 2.24) is 9.55 Å². The zero-order valence-electron chi connectivity index (χ0n) is 11.1. The maximum absolute atomic E-state index is 12.2. The van der Waals surface area contributed by atoms with E-state index in [0.717, 1.165) is 0 Å². The van der Waals surface area contributed by atoms with Crippen LogP contribution in [0.15, 0.2) is 57.0 Å². The van der Waals surface area contributed by atoms with E-state index in [9.17, 15) is 9.00 Å². The molecule has 0 amide bonds. The highest BCUT2D eigenvalue weighted by molar-refractivity contribution is 7.84. The smallest absolute Gasteiger partial charge is 0.288 e. The Morgan fingerprint density at radius 2 is 2.14 bits per heavy atom. The molecule has 0 spiro atoms. The largest absolute Gasteiger partial charge is 0.430 e. The summed E-state index contributed by atoms with van der Waals surface area (Å²) in [6.07, 6.45) is 1.66. The third-order valence-electron chi connectivity index (χ3n) is 3.00. The fraction of sp³-hybridized carbons (Fsp3) is 0.143. The second kappa shape index (κ2) is 5.53. The summed E-state index contributed by atoms with van der Waals surface area (Å²) < 4.78 is 19.1. The van der Waals surface area contributed by atoms with Crippen molar-refractivity contribution in [3.63, 3.8) is 0 Å². The van der Waals surface area contributed by atoms with Crippen molar-refractivity contribution in [3.8, 4) is 0 Å². The molecule has 2 aromatic heterocycles. The first-order valence-electron chi connectivity index (χ1n) is 6.33. The lowest BCUT2D eigenvalue weighted by molar-refractivity contribution is 0.477. The Labute approximate surface area is 122 Å². The van der Waals surface area contributed by atoms with Crippen LogP contribution in [0.3, 0.4) is 0 Å². The Bertz CT molecular complexity index is 869. The van der Waals surface area contributed by atoms with Gasteiger partial charge in [0.1, 0.15) is 16.3 Å². The number of benzene rings is 1. The van der Waals surface area contributed by atoms with Gasteiger partial charge in [0.15, 0.2) is 5.58 Å². The molecule has 0 bridgehead atoms. The molecule has 7 heteroatoms. The van der Waals surface area contributed by atoms with Crippen molar-refractivity contribution in [2.45, 2.75) is 11.8 Å². The Balaban J connectivity index is 1.78. The Morgan fingerprint density at radius 1 is 1.29 bits per heavy atom. The first-order valence-corrected chi connectivity index (χ1v) is 7.65. The van der Waals surface area contributed by atoms with Crippen LogP contribution in [0.1, 0.15) is 0 Å². The van der Waals surface area contributed by atoms with Crippen molar-refractivity contribution in [3.05, 3.63) is 52.9 Å². The molecule has 1 atom stereocenters. The predicted molar refractivity (Wildman–Crippen MR) is 80.4 cm³/mol. The van der Waals surface area contributed by atoms with Crippen molar-refractivity contribution in [2.24, 2.45) is 0 Å². The number of nitrogen functional groups attached to an aromatic ring is 1. The van der Waals surface area contributed by atoms with Crippen LogP contribution < -0.4 is 11.3 Å². The lowest BCUT2D eigenvalue weighted by Gasteiger charge is -2.02. The SMILES string of the molecule is Nc1ccc2oc(S(=O)CCn3ccccc3=O)nc2c1. The second-order valence-electron chi connectivity index (χ2n) is 4.49. The van der Waals surface area contributed by atoms with Gasteiger partial charge in [-0.05, 0) is 24.3 Å². The van der Waals surface area contributed by atoms with E-state index in [2.05, 4.69) is 4.98 Å². The number of nitrogens with two attached hydrogens (primary N) is 1. The molecule has 0 saturated heterocycles. The zero-order valence-corrected chi connectivity index (χ0v) is 11.9. The summed E-state index contributed by atoms with van der Waals surface area (Å²) in [5.41, 5.74) is 7.24.